The van der Waals surface area contributed by atoms with Gasteiger partial charge in [0, 0.05) is 55.8 Å². The molecule has 0 bridgehead atoms. The summed E-state index contributed by atoms with van der Waals surface area (Å²) in [6.07, 6.45) is 0. The Morgan fingerprint density at radius 1 is 0.615 bits per heavy atom. The molecular formula is C29H48N4O6. The standard InChI is InChI=1S/C29H48N4O6/c1-29(2,25-3-5-27(34)23(19-25)21-32-9-13-38-17-15-36-11-7-30)26-4-6-28(35)24(20-26)22-33-10-14-39-18-16-37-12-8-31/h3-6,19-20,32-35H,7-18,21-22,30-31H2,1-2H3. The highest BCUT2D eigenvalue weighted by Gasteiger charge is 2.25. The summed E-state index contributed by atoms with van der Waals surface area (Å²) in [6.45, 7) is 12.0. The van der Waals surface area contributed by atoms with Crippen LogP contribution in [0.1, 0.15) is 36.1 Å². The molecule has 0 spiro atoms. The Hall–Kier alpha value is -2.28. The molecule has 8 N–H and O–H groups in total. The highest BCUT2D eigenvalue weighted by atomic mass is 16.5. The maximum atomic E-state index is 10.4. The van der Waals surface area contributed by atoms with E-state index in [1.54, 1.807) is 12.1 Å². The first-order valence-corrected chi connectivity index (χ1v) is 13.7. The van der Waals surface area contributed by atoms with Crippen LogP contribution >= 0.6 is 0 Å². The summed E-state index contributed by atoms with van der Waals surface area (Å²) in [5.74, 6) is 0.504. The maximum Gasteiger partial charge on any atom is 0.120 e. The molecule has 0 aliphatic carbocycles. The molecule has 0 saturated heterocycles. The van der Waals surface area contributed by atoms with Crippen LogP contribution in [0.4, 0.5) is 0 Å². The smallest absolute Gasteiger partial charge is 0.120 e. The quantitative estimate of drug-likeness (QED) is 0.120. The first-order valence-electron chi connectivity index (χ1n) is 13.7. The molecule has 220 valence electrons. The zero-order chi connectivity index (χ0) is 28.3. The zero-order valence-electron chi connectivity index (χ0n) is 23.5. The lowest BCUT2D eigenvalue weighted by molar-refractivity contribution is 0.0518. The van der Waals surface area contributed by atoms with Gasteiger partial charge < -0.3 is 51.3 Å². The highest BCUT2D eigenvalue weighted by Crippen LogP contribution is 2.35. The van der Waals surface area contributed by atoms with E-state index < -0.39 is 0 Å². The molecule has 2 rings (SSSR count). The molecule has 0 atom stereocenters. The van der Waals surface area contributed by atoms with Gasteiger partial charge in [-0.1, -0.05) is 26.0 Å². The van der Waals surface area contributed by atoms with Gasteiger partial charge in [-0.25, -0.2) is 0 Å². The molecule has 0 aromatic heterocycles. The van der Waals surface area contributed by atoms with Crippen molar-refractivity contribution >= 4 is 0 Å². The highest BCUT2D eigenvalue weighted by molar-refractivity contribution is 5.47. The second kappa shape index (κ2) is 18.9. The van der Waals surface area contributed by atoms with Gasteiger partial charge >= 0.3 is 0 Å². The van der Waals surface area contributed by atoms with Crippen molar-refractivity contribution in [3.8, 4) is 11.5 Å². The normalized spacial score (nSPS) is 11.8. The summed E-state index contributed by atoms with van der Waals surface area (Å²) in [5.41, 5.74) is 14.2. The van der Waals surface area contributed by atoms with Crippen LogP contribution in [0.25, 0.3) is 0 Å². The predicted molar refractivity (Wildman–Crippen MR) is 153 cm³/mol. The Morgan fingerprint density at radius 3 is 1.38 bits per heavy atom. The average molecular weight is 549 g/mol. The second-order valence-electron chi connectivity index (χ2n) is 9.69. The summed E-state index contributed by atoms with van der Waals surface area (Å²) in [6, 6.07) is 11.4. The van der Waals surface area contributed by atoms with Crippen molar-refractivity contribution in [3.63, 3.8) is 0 Å². The van der Waals surface area contributed by atoms with Crippen molar-refractivity contribution in [1.82, 2.24) is 10.6 Å². The van der Waals surface area contributed by atoms with Crippen LogP contribution < -0.4 is 22.1 Å². The van der Waals surface area contributed by atoms with Gasteiger partial charge in [-0.2, -0.15) is 0 Å². The lowest BCUT2D eigenvalue weighted by atomic mass is 9.77. The fraction of sp³-hybridized carbons (Fsp3) is 0.586. The van der Waals surface area contributed by atoms with Crippen molar-refractivity contribution in [2.45, 2.75) is 32.4 Å². The van der Waals surface area contributed by atoms with Crippen LogP contribution in [0.15, 0.2) is 36.4 Å². The number of nitrogens with one attached hydrogen (secondary N) is 2. The van der Waals surface area contributed by atoms with E-state index in [4.69, 9.17) is 30.4 Å². The molecule has 10 nitrogen and oxygen atoms in total. The van der Waals surface area contributed by atoms with Crippen LogP contribution in [-0.2, 0) is 37.5 Å². The van der Waals surface area contributed by atoms with Gasteiger partial charge in [-0.05, 0) is 35.4 Å². The third-order valence-electron chi connectivity index (χ3n) is 6.35. The van der Waals surface area contributed by atoms with E-state index in [9.17, 15) is 10.2 Å². The topological polar surface area (TPSA) is 153 Å². The molecule has 2 aromatic rings. The van der Waals surface area contributed by atoms with E-state index in [2.05, 4.69) is 24.5 Å². The van der Waals surface area contributed by atoms with E-state index in [0.717, 1.165) is 22.3 Å². The maximum absolute atomic E-state index is 10.4. The fourth-order valence-electron chi connectivity index (χ4n) is 3.94. The van der Waals surface area contributed by atoms with Crippen LogP contribution in [-0.4, -0.2) is 89.2 Å². The minimum absolute atomic E-state index is 0.252. The second-order valence-corrected chi connectivity index (χ2v) is 9.69. The van der Waals surface area contributed by atoms with E-state index in [-0.39, 0.29) is 16.9 Å². The number of phenolic OH excluding ortho intramolecular Hbond substituents is 2. The summed E-state index contributed by atoms with van der Waals surface area (Å²) in [4.78, 5) is 0. The molecule has 0 saturated carbocycles. The molecule has 0 amide bonds. The largest absolute Gasteiger partial charge is 0.508 e. The van der Waals surface area contributed by atoms with Crippen molar-refractivity contribution in [2.75, 3.05) is 79.0 Å². The number of nitrogens with two attached hydrogens (primary N) is 2. The van der Waals surface area contributed by atoms with E-state index >= 15 is 0 Å². The summed E-state index contributed by atoms with van der Waals surface area (Å²) in [5, 5.41) is 27.5. The van der Waals surface area contributed by atoms with Gasteiger partial charge in [-0.15, -0.1) is 0 Å². The average Bonchev–Trinajstić information content (AvgIpc) is 2.92. The number of rotatable bonds is 22. The Balaban J connectivity index is 1.87. The molecular weight excluding hydrogens is 500 g/mol. The Morgan fingerprint density at radius 2 is 1.00 bits per heavy atom. The zero-order valence-corrected chi connectivity index (χ0v) is 23.5. The van der Waals surface area contributed by atoms with Gasteiger partial charge in [0.05, 0.1) is 52.9 Å². The third kappa shape index (κ3) is 12.2. The van der Waals surface area contributed by atoms with Gasteiger partial charge in [0.1, 0.15) is 11.5 Å². The Bertz CT molecular complexity index is 870. The molecule has 0 aliphatic heterocycles. The molecule has 10 heteroatoms. The fourth-order valence-corrected chi connectivity index (χ4v) is 3.94. The molecule has 2 aromatic carbocycles. The Kier molecular flexibility index (Phi) is 16.0. The van der Waals surface area contributed by atoms with E-state index in [1.807, 2.05) is 24.3 Å². The molecule has 0 fully saturated rings. The van der Waals surface area contributed by atoms with Crippen LogP contribution in [0, 0.1) is 0 Å². The molecule has 39 heavy (non-hydrogen) atoms. The number of hydrogen-bond donors (Lipinski definition) is 6. The minimum atomic E-state index is -0.343. The summed E-state index contributed by atoms with van der Waals surface area (Å²) < 4.78 is 21.6. The summed E-state index contributed by atoms with van der Waals surface area (Å²) >= 11 is 0. The van der Waals surface area contributed by atoms with Gasteiger partial charge in [0.2, 0.25) is 0 Å². The third-order valence-corrected chi connectivity index (χ3v) is 6.35. The molecule has 0 aliphatic rings. The van der Waals surface area contributed by atoms with Crippen molar-refractivity contribution in [3.05, 3.63) is 58.7 Å². The van der Waals surface area contributed by atoms with Gasteiger partial charge in [-0.3, -0.25) is 0 Å². The lowest BCUT2D eigenvalue weighted by Gasteiger charge is -2.28. The number of aromatic hydroxyl groups is 2. The van der Waals surface area contributed by atoms with Gasteiger partial charge in [0.25, 0.3) is 0 Å². The SMILES string of the molecule is CC(C)(c1ccc(O)c(CNCCOCCOCCN)c1)c1ccc(O)c(CNCCOCCOCCN)c1. The number of phenols is 2. The van der Waals surface area contributed by atoms with Crippen LogP contribution in [0.3, 0.4) is 0 Å². The first kappa shape index (κ1) is 32.9. The van der Waals surface area contributed by atoms with Crippen LogP contribution in [0.2, 0.25) is 0 Å². The Labute approximate surface area is 233 Å². The van der Waals surface area contributed by atoms with Gasteiger partial charge in [0.15, 0.2) is 0 Å². The monoisotopic (exact) mass is 548 g/mol. The molecule has 0 radical (unpaired) electrons. The summed E-state index contributed by atoms with van der Waals surface area (Å²) in [7, 11) is 0. The van der Waals surface area contributed by atoms with Crippen molar-refractivity contribution in [1.29, 1.82) is 0 Å². The van der Waals surface area contributed by atoms with E-state index in [0.29, 0.717) is 92.1 Å². The van der Waals surface area contributed by atoms with Crippen molar-refractivity contribution in [2.24, 2.45) is 11.5 Å². The number of ether oxygens (including phenoxy) is 4. The lowest BCUT2D eigenvalue weighted by Crippen LogP contribution is -2.23. The number of hydrogen-bond acceptors (Lipinski definition) is 10. The van der Waals surface area contributed by atoms with Crippen molar-refractivity contribution < 1.29 is 29.2 Å². The molecule has 0 unspecified atom stereocenters. The number of benzene rings is 2. The van der Waals surface area contributed by atoms with Crippen LogP contribution in [0.5, 0.6) is 11.5 Å². The molecule has 0 heterocycles. The first-order chi connectivity index (χ1) is 18.9. The van der Waals surface area contributed by atoms with E-state index in [1.165, 1.54) is 0 Å². The minimum Gasteiger partial charge on any atom is -0.508 e. The predicted octanol–water partition coefficient (Wildman–Crippen LogP) is 1.59.